The number of amides is 1. The first-order valence-electron chi connectivity index (χ1n) is 11.1. The zero-order valence-corrected chi connectivity index (χ0v) is 18.2. The number of rotatable bonds is 5. The van der Waals surface area contributed by atoms with Crippen molar-refractivity contribution in [3.8, 4) is 0 Å². The van der Waals surface area contributed by atoms with Crippen LogP contribution in [-0.4, -0.2) is 37.1 Å². The molecule has 3 aromatic carbocycles. The van der Waals surface area contributed by atoms with Crippen molar-refractivity contribution in [2.45, 2.75) is 6.54 Å². The van der Waals surface area contributed by atoms with Gasteiger partial charge < -0.3 is 15.1 Å². The molecule has 1 fully saturated rings. The second-order valence-corrected chi connectivity index (χ2v) is 8.19. The summed E-state index contributed by atoms with van der Waals surface area (Å²) < 4.78 is 13.2. The first-order chi connectivity index (χ1) is 16.2. The van der Waals surface area contributed by atoms with Gasteiger partial charge in [0.05, 0.1) is 0 Å². The molecule has 1 N–H and O–H groups in total. The lowest BCUT2D eigenvalue weighted by atomic mass is 10.1. The molecule has 0 unspecified atom stereocenters. The minimum atomic E-state index is -0.221. The molecule has 0 atom stereocenters. The van der Waals surface area contributed by atoms with Crippen LogP contribution in [0.25, 0.3) is 10.8 Å². The molecule has 0 saturated carbocycles. The fourth-order valence-corrected chi connectivity index (χ4v) is 4.25. The Kier molecular flexibility index (Phi) is 5.89. The van der Waals surface area contributed by atoms with E-state index in [1.165, 1.54) is 12.1 Å². The van der Waals surface area contributed by atoms with Crippen molar-refractivity contribution in [2.75, 3.05) is 36.0 Å². The van der Waals surface area contributed by atoms with Crippen LogP contribution in [0.2, 0.25) is 0 Å². The monoisotopic (exact) mass is 440 g/mol. The van der Waals surface area contributed by atoms with Gasteiger partial charge in [-0.1, -0.05) is 36.4 Å². The zero-order valence-electron chi connectivity index (χ0n) is 18.2. The molecular formula is C27H25FN4O. The molecule has 0 bridgehead atoms. The second kappa shape index (κ2) is 9.28. The van der Waals surface area contributed by atoms with Crippen molar-refractivity contribution in [1.82, 2.24) is 10.3 Å². The van der Waals surface area contributed by atoms with E-state index in [-0.39, 0.29) is 11.7 Å². The van der Waals surface area contributed by atoms with E-state index in [0.29, 0.717) is 12.1 Å². The van der Waals surface area contributed by atoms with Crippen molar-refractivity contribution in [1.29, 1.82) is 0 Å². The first kappa shape index (κ1) is 20.9. The molecule has 1 aliphatic heterocycles. The SMILES string of the molecule is O=C(NCc1ccccc1)c1ccc2ccnc(N3CCN(c4ccc(F)cc4)CC3)c2c1. The van der Waals surface area contributed by atoms with Gasteiger partial charge in [0.25, 0.3) is 5.91 Å². The molecule has 1 aromatic heterocycles. The fourth-order valence-electron chi connectivity index (χ4n) is 4.25. The molecule has 6 heteroatoms. The number of carbonyl (C=O) groups excluding carboxylic acids is 1. The largest absolute Gasteiger partial charge is 0.368 e. The number of nitrogens with one attached hydrogen (secondary N) is 1. The predicted octanol–water partition coefficient (Wildman–Crippen LogP) is 4.63. The summed E-state index contributed by atoms with van der Waals surface area (Å²) in [5, 5.41) is 5.03. The van der Waals surface area contributed by atoms with E-state index in [9.17, 15) is 9.18 Å². The fraction of sp³-hybridized carbons (Fsp3) is 0.185. The van der Waals surface area contributed by atoms with Crippen LogP contribution in [0.1, 0.15) is 15.9 Å². The topological polar surface area (TPSA) is 48.5 Å². The number of fused-ring (bicyclic) bond motifs is 1. The Morgan fingerprint density at radius 2 is 1.61 bits per heavy atom. The second-order valence-electron chi connectivity index (χ2n) is 8.19. The van der Waals surface area contributed by atoms with Gasteiger partial charge in [-0.2, -0.15) is 0 Å². The number of anilines is 2. The highest BCUT2D eigenvalue weighted by Crippen LogP contribution is 2.27. The molecule has 0 radical (unpaired) electrons. The standard InChI is InChI=1S/C27H25FN4O/c28-23-8-10-24(11-9-23)31-14-16-32(17-15-31)26-25-18-22(7-6-21(25)12-13-29-26)27(33)30-19-20-4-2-1-3-5-20/h1-13,18H,14-17,19H2,(H,30,33). The Balaban J connectivity index is 1.32. The smallest absolute Gasteiger partial charge is 0.251 e. The summed E-state index contributed by atoms with van der Waals surface area (Å²) in [6, 6.07) is 24.3. The van der Waals surface area contributed by atoms with Gasteiger partial charge in [-0.3, -0.25) is 4.79 Å². The van der Waals surface area contributed by atoms with Gasteiger partial charge in [0, 0.05) is 55.6 Å². The Bertz CT molecular complexity index is 1250. The van der Waals surface area contributed by atoms with Crippen LogP contribution >= 0.6 is 0 Å². The van der Waals surface area contributed by atoms with E-state index in [4.69, 9.17) is 0 Å². The molecule has 0 aliphatic carbocycles. The molecule has 166 valence electrons. The summed E-state index contributed by atoms with van der Waals surface area (Å²) in [6.07, 6.45) is 1.82. The summed E-state index contributed by atoms with van der Waals surface area (Å²) >= 11 is 0. The van der Waals surface area contributed by atoms with Crippen LogP contribution in [0.15, 0.2) is 85.1 Å². The molecule has 4 aromatic rings. The molecule has 1 saturated heterocycles. The Morgan fingerprint density at radius 1 is 0.879 bits per heavy atom. The quantitative estimate of drug-likeness (QED) is 0.492. The van der Waals surface area contributed by atoms with Crippen LogP contribution in [-0.2, 0) is 6.54 Å². The summed E-state index contributed by atoms with van der Waals surface area (Å²) in [6.45, 7) is 3.73. The van der Waals surface area contributed by atoms with E-state index in [0.717, 1.165) is 54.0 Å². The molecular weight excluding hydrogens is 415 g/mol. The lowest BCUT2D eigenvalue weighted by molar-refractivity contribution is 0.0951. The van der Waals surface area contributed by atoms with Crippen molar-refractivity contribution in [3.63, 3.8) is 0 Å². The number of piperazine rings is 1. The van der Waals surface area contributed by atoms with Crippen LogP contribution in [0.4, 0.5) is 15.9 Å². The number of pyridine rings is 1. The van der Waals surface area contributed by atoms with E-state index in [1.54, 1.807) is 0 Å². The maximum absolute atomic E-state index is 13.2. The molecule has 5 rings (SSSR count). The van der Waals surface area contributed by atoms with Gasteiger partial charge in [-0.25, -0.2) is 9.37 Å². The zero-order chi connectivity index (χ0) is 22.6. The molecule has 1 aliphatic rings. The maximum atomic E-state index is 13.2. The minimum Gasteiger partial charge on any atom is -0.368 e. The average Bonchev–Trinajstić information content (AvgIpc) is 2.88. The molecule has 0 spiro atoms. The highest BCUT2D eigenvalue weighted by molar-refractivity contribution is 6.01. The molecule has 33 heavy (non-hydrogen) atoms. The summed E-state index contributed by atoms with van der Waals surface area (Å²) in [5.41, 5.74) is 2.71. The number of aromatic nitrogens is 1. The van der Waals surface area contributed by atoms with Crippen LogP contribution in [0.3, 0.4) is 0 Å². The van der Waals surface area contributed by atoms with Gasteiger partial charge in [-0.05, 0) is 53.4 Å². The Labute approximate surface area is 192 Å². The summed E-state index contributed by atoms with van der Waals surface area (Å²) in [7, 11) is 0. The van der Waals surface area contributed by atoms with Gasteiger partial charge in [0.15, 0.2) is 0 Å². The number of nitrogens with zero attached hydrogens (tertiary/aromatic N) is 3. The normalized spacial score (nSPS) is 13.8. The van der Waals surface area contributed by atoms with E-state index >= 15 is 0 Å². The van der Waals surface area contributed by atoms with E-state index in [1.807, 2.05) is 72.9 Å². The average molecular weight is 441 g/mol. The van der Waals surface area contributed by atoms with Crippen LogP contribution in [0, 0.1) is 5.82 Å². The number of halogens is 1. The number of hydrogen-bond donors (Lipinski definition) is 1. The van der Waals surface area contributed by atoms with Crippen molar-refractivity contribution >= 4 is 28.2 Å². The van der Waals surface area contributed by atoms with E-state index < -0.39 is 0 Å². The van der Waals surface area contributed by atoms with Gasteiger partial charge in [0.1, 0.15) is 11.6 Å². The number of carbonyl (C=O) groups is 1. The van der Waals surface area contributed by atoms with Gasteiger partial charge >= 0.3 is 0 Å². The minimum absolute atomic E-state index is 0.100. The Hall–Kier alpha value is -3.93. The third-order valence-electron chi connectivity index (χ3n) is 6.07. The Morgan fingerprint density at radius 3 is 2.36 bits per heavy atom. The van der Waals surface area contributed by atoms with Crippen molar-refractivity contribution < 1.29 is 9.18 Å². The van der Waals surface area contributed by atoms with Gasteiger partial charge in [-0.15, -0.1) is 0 Å². The van der Waals surface area contributed by atoms with Crippen molar-refractivity contribution in [2.24, 2.45) is 0 Å². The predicted molar refractivity (Wildman–Crippen MR) is 130 cm³/mol. The molecule has 5 nitrogen and oxygen atoms in total. The molecule has 1 amide bonds. The summed E-state index contributed by atoms with van der Waals surface area (Å²) in [5.74, 6) is 0.571. The van der Waals surface area contributed by atoms with Crippen molar-refractivity contribution in [3.05, 3.63) is 102 Å². The third kappa shape index (κ3) is 4.65. The third-order valence-corrected chi connectivity index (χ3v) is 6.07. The van der Waals surface area contributed by atoms with Crippen LogP contribution in [0.5, 0.6) is 0 Å². The molecule has 2 heterocycles. The number of benzene rings is 3. The van der Waals surface area contributed by atoms with E-state index in [2.05, 4.69) is 20.1 Å². The summed E-state index contributed by atoms with van der Waals surface area (Å²) in [4.78, 5) is 22.0. The van der Waals surface area contributed by atoms with Crippen LogP contribution < -0.4 is 15.1 Å². The van der Waals surface area contributed by atoms with Gasteiger partial charge in [0.2, 0.25) is 0 Å². The lowest BCUT2D eigenvalue weighted by Crippen LogP contribution is -2.46. The lowest BCUT2D eigenvalue weighted by Gasteiger charge is -2.37. The highest BCUT2D eigenvalue weighted by Gasteiger charge is 2.20. The first-order valence-corrected chi connectivity index (χ1v) is 11.1. The highest BCUT2D eigenvalue weighted by atomic mass is 19.1. The number of hydrogen-bond acceptors (Lipinski definition) is 4. The maximum Gasteiger partial charge on any atom is 0.251 e.